The van der Waals surface area contributed by atoms with Gasteiger partial charge >= 0.3 is 0 Å². The number of ether oxygens (including phenoxy) is 1. The van der Waals surface area contributed by atoms with E-state index in [-0.39, 0.29) is 11.5 Å². The molecule has 1 aliphatic rings. The molecule has 0 saturated carbocycles. The molecule has 1 aromatic rings. The lowest BCUT2D eigenvalue weighted by atomic mass is 10.2. The number of anilines is 1. The van der Waals surface area contributed by atoms with E-state index in [1.54, 1.807) is 11.8 Å². The molecule has 0 spiro atoms. The van der Waals surface area contributed by atoms with Crippen LogP contribution in [0.2, 0.25) is 0 Å². The van der Waals surface area contributed by atoms with Crippen LogP contribution in [0.25, 0.3) is 0 Å². The van der Waals surface area contributed by atoms with Crippen LogP contribution < -0.4 is 10.9 Å². The van der Waals surface area contributed by atoms with Gasteiger partial charge in [0.25, 0.3) is 5.56 Å². The molecule has 2 rings (SSSR count). The number of carbonyl (C=O) groups excluding carboxylic acids is 1. The second-order valence-electron chi connectivity index (χ2n) is 4.23. The quantitative estimate of drug-likeness (QED) is 0.826. The van der Waals surface area contributed by atoms with Gasteiger partial charge in [0.1, 0.15) is 10.5 Å². The van der Waals surface area contributed by atoms with E-state index in [4.69, 9.17) is 4.74 Å². The predicted octanol–water partition coefficient (Wildman–Crippen LogP) is 0.192. The second kappa shape index (κ2) is 6.16. The Balaban J connectivity index is 2.03. The first-order valence-corrected chi connectivity index (χ1v) is 6.75. The number of nitrogens with zero attached hydrogens (tertiary/aromatic N) is 2. The van der Waals surface area contributed by atoms with Crippen LogP contribution in [0, 0.1) is 0 Å². The standard InChI is InChI=1S/C11H15BrN4O3/c1-7(11(18)16-2-4-19-5-3-16)14-8-6-13-15-10(17)9(8)12/h6-7H,2-5H2,1H3,(H2,14,15,17). The molecule has 1 aliphatic heterocycles. The Morgan fingerprint density at radius 2 is 2.26 bits per heavy atom. The molecule has 0 aromatic carbocycles. The lowest BCUT2D eigenvalue weighted by Crippen LogP contribution is -2.47. The first-order valence-electron chi connectivity index (χ1n) is 5.96. The Morgan fingerprint density at radius 1 is 1.58 bits per heavy atom. The molecule has 8 heteroatoms. The molecule has 1 unspecified atom stereocenters. The van der Waals surface area contributed by atoms with Gasteiger partial charge in [0, 0.05) is 13.1 Å². The minimum absolute atomic E-state index is 0.0181. The number of aromatic amines is 1. The maximum Gasteiger partial charge on any atom is 0.280 e. The molecule has 2 heterocycles. The minimum Gasteiger partial charge on any atom is -0.378 e. The van der Waals surface area contributed by atoms with Crippen molar-refractivity contribution in [1.29, 1.82) is 0 Å². The average Bonchev–Trinajstić information content (AvgIpc) is 2.44. The molecule has 0 aliphatic carbocycles. The lowest BCUT2D eigenvalue weighted by molar-refractivity contribution is -0.135. The highest BCUT2D eigenvalue weighted by molar-refractivity contribution is 9.10. The van der Waals surface area contributed by atoms with Gasteiger partial charge in [-0.05, 0) is 22.9 Å². The third kappa shape index (κ3) is 3.32. The van der Waals surface area contributed by atoms with Crippen LogP contribution in [0.3, 0.4) is 0 Å². The smallest absolute Gasteiger partial charge is 0.280 e. The fourth-order valence-electron chi connectivity index (χ4n) is 1.84. The molecule has 1 aromatic heterocycles. The van der Waals surface area contributed by atoms with Crippen LogP contribution in [0.1, 0.15) is 6.92 Å². The largest absolute Gasteiger partial charge is 0.378 e. The summed E-state index contributed by atoms with van der Waals surface area (Å²) < 4.78 is 5.54. The van der Waals surface area contributed by atoms with Crippen LogP contribution >= 0.6 is 15.9 Å². The number of halogens is 1. The number of H-pyrrole nitrogens is 1. The van der Waals surface area contributed by atoms with Crippen molar-refractivity contribution in [2.24, 2.45) is 0 Å². The summed E-state index contributed by atoms with van der Waals surface area (Å²) in [7, 11) is 0. The average molecular weight is 331 g/mol. The number of morpholine rings is 1. The number of amides is 1. The summed E-state index contributed by atoms with van der Waals surface area (Å²) in [5, 5.41) is 8.98. The summed E-state index contributed by atoms with van der Waals surface area (Å²) in [6.45, 7) is 4.08. The van der Waals surface area contributed by atoms with Crippen molar-refractivity contribution in [3.63, 3.8) is 0 Å². The van der Waals surface area contributed by atoms with Gasteiger partial charge in [-0.15, -0.1) is 0 Å². The topological polar surface area (TPSA) is 87.3 Å². The zero-order chi connectivity index (χ0) is 13.8. The van der Waals surface area contributed by atoms with E-state index >= 15 is 0 Å². The number of nitrogens with one attached hydrogen (secondary N) is 2. The van der Waals surface area contributed by atoms with Crippen molar-refractivity contribution in [1.82, 2.24) is 15.1 Å². The number of hydrogen-bond acceptors (Lipinski definition) is 5. The van der Waals surface area contributed by atoms with Gasteiger partial charge in [-0.2, -0.15) is 5.10 Å². The molecule has 1 fully saturated rings. The van der Waals surface area contributed by atoms with Crippen LogP contribution in [0.5, 0.6) is 0 Å². The van der Waals surface area contributed by atoms with E-state index in [9.17, 15) is 9.59 Å². The van der Waals surface area contributed by atoms with Gasteiger partial charge in [0.2, 0.25) is 5.91 Å². The molecule has 0 bridgehead atoms. The molecule has 104 valence electrons. The van der Waals surface area contributed by atoms with Crippen molar-refractivity contribution in [2.75, 3.05) is 31.6 Å². The van der Waals surface area contributed by atoms with Gasteiger partial charge in [0.05, 0.1) is 25.1 Å². The van der Waals surface area contributed by atoms with Gasteiger partial charge in [0.15, 0.2) is 0 Å². The third-order valence-corrected chi connectivity index (χ3v) is 3.65. The predicted molar refractivity (Wildman–Crippen MR) is 73.0 cm³/mol. The Labute approximate surface area is 118 Å². The first kappa shape index (κ1) is 14.0. The summed E-state index contributed by atoms with van der Waals surface area (Å²) in [6, 6.07) is -0.432. The Kier molecular flexibility index (Phi) is 4.54. The number of aromatic nitrogens is 2. The van der Waals surface area contributed by atoms with Crippen molar-refractivity contribution in [3.8, 4) is 0 Å². The molecule has 2 N–H and O–H groups in total. The molecule has 7 nitrogen and oxygen atoms in total. The summed E-state index contributed by atoms with van der Waals surface area (Å²) in [5.74, 6) is -0.0181. The zero-order valence-corrected chi connectivity index (χ0v) is 12.1. The van der Waals surface area contributed by atoms with E-state index in [0.717, 1.165) is 0 Å². The number of carbonyl (C=O) groups is 1. The Hall–Kier alpha value is -1.41. The Bertz CT molecular complexity index is 513. The second-order valence-corrected chi connectivity index (χ2v) is 5.02. The monoisotopic (exact) mass is 330 g/mol. The molecule has 1 saturated heterocycles. The molecular weight excluding hydrogens is 316 g/mol. The summed E-state index contributed by atoms with van der Waals surface area (Å²) >= 11 is 3.16. The zero-order valence-electron chi connectivity index (χ0n) is 10.5. The first-order chi connectivity index (χ1) is 9.09. The van der Waals surface area contributed by atoms with Crippen LogP contribution in [-0.2, 0) is 9.53 Å². The maximum absolute atomic E-state index is 12.2. The van der Waals surface area contributed by atoms with E-state index in [1.165, 1.54) is 6.20 Å². The highest BCUT2D eigenvalue weighted by Gasteiger charge is 2.23. The minimum atomic E-state index is -0.432. The fourth-order valence-corrected chi connectivity index (χ4v) is 2.14. The van der Waals surface area contributed by atoms with Gasteiger partial charge in [-0.1, -0.05) is 0 Å². The third-order valence-electron chi connectivity index (χ3n) is 2.86. The van der Waals surface area contributed by atoms with Crippen molar-refractivity contribution in [2.45, 2.75) is 13.0 Å². The Morgan fingerprint density at radius 3 is 2.95 bits per heavy atom. The summed E-state index contributed by atoms with van der Waals surface area (Å²) in [6.07, 6.45) is 1.47. The molecule has 19 heavy (non-hydrogen) atoms. The van der Waals surface area contributed by atoms with Gasteiger partial charge < -0.3 is 15.0 Å². The lowest BCUT2D eigenvalue weighted by Gasteiger charge is -2.29. The number of rotatable bonds is 3. The van der Waals surface area contributed by atoms with Crippen LogP contribution in [0.4, 0.5) is 5.69 Å². The van der Waals surface area contributed by atoms with Gasteiger partial charge in [-0.3, -0.25) is 9.59 Å². The van der Waals surface area contributed by atoms with Gasteiger partial charge in [-0.25, -0.2) is 5.10 Å². The molecule has 1 amide bonds. The van der Waals surface area contributed by atoms with E-state index in [0.29, 0.717) is 36.5 Å². The SMILES string of the molecule is CC(Nc1cn[nH]c(=O)c1Br)C(=O)N1CCOCC1. The fraction of sp³-hybridized carbons (Fsp3) is 0.545. The highest BCUT2D eigenvalue weighted by Crippen LogP contribution is 2.17. The molecule has 0 radical (unpaired) electrons. The van der Waals surface area contributed by atoms with Crippen LogP contribution in [-0.4, -0.2) is 53.3 Å². The van der Waals surface area contributed by atoms with Crippen molar-refractivity contribution in [3.05, 3.63) is 21.0 Å². The molecule has 1 atom stereocenters. The van der Waals surface area contributed by atoms with E-state index in [2.05, 4.69) is 31.4 Å². The van der Waals surface area contributed by atoms with Crippen LogP contribution in [0.15, 0.2) is 15.5 Å². The van der Waals surface area contributed by atoms with E-state index < -0.39 is 6.04 Å². The highest BCUT2D eigenvalue weighted by atomic mass is 79.9. The number of hydrogen-bond donors (Lipinski definition) is 2. The molecular formula is C11H15BrN4O3. The maximum atomic E-state index is 12.2. The van der Waals surface area contributed by atoms with E-state index in [1.807, 2.05) is 0 Å². The van der Waals surface area contributed by atoms with Crippen molar-refractivity contribution >= 4 is 27.5 Å². The normalized spacial score (nSPS) is 17.1. The van der Waals surface area contributed by atoms with Crippen molar-refractivity contribution < 1.29 is 9.53 Å². The summed E-state index contributed by atoms with van der Waals surface area (Å²) in [5.41, 5.74) is 0.161. The summed E-state index contributed by atoms with van der Waals surface area (Å²) in [4.78, 5) is 25.3.